The van der Waals surface area contributed by atoms with E-state index in [0.717, 1.165) is 12.1 Å². The lowest BCUT2D eigenvalue weighted by Crippen LogP contribution is -2.30. The number of fused-ring (bicyclic) bond motifs is 1. The highest BCUT2D eigenvalue weighted by molar-refractivity contribution is 6.09. The number of hydrogen-bond donors (Lipinski definition) is 6. The SMILES string of the molecule is O=C(/C=C/c1ccc(O)c([C@@H]2C(=O)c3c(O)cc(O)cc3O[C@H]2c2ccc(O)cc2)c1)c1ccc(O)cc1O. The van der Waals surface area contributed by atoms with Crippen LogP contribution >= 0.6 is 0 Å². The Labute approximate surface area is 221 Å². The molecule has 1 heterocycles. The first kappa shape index (κ1) is 25.2. The maximum absolute atomic E-state index is 13.8. The molecule has 0 unspecified atom stereocenters. The Bertz CT molecular complexity index is 1640. The summed E-state index contributed by atoms with van der Waals surface area (Å²) in [6, 6.07) is 16.1. The van der Waals surface area contributed by atoms with Crippen LogP contribution in [0.3, 0.4) is 0 Å². The van der Waals surface area contributed by atoms with Gasteiger partial charge in [-0.15, -0.1) is 0 Å². The molecule has 0 radical (unpaired) electrons. The number of rotatable bonds is 5. The fourth-order valence-corrected chi connectivity index (χ4v) is 4.57. The van der Waals surface area contributed by atoms with Crippen molar-refractivity contribution < 1.29 is 45.0 Å². The maximum Gasteiger partial charge on any atom is 0.189 e. The number of aromatic hydroxyl groups is 6. The summed E-state index contributed by atoms with van der Waals surface area (Å²) in [5.74, 6) is -3.92. The van der Waals surface area contributed by atoms with Crippen molar-refractivity contribution in [2.75, 3.05) is 0 Å². The molecule has 2 atom stereocenters. The standard InChI is InChI=1S/C30H22O9/c31-17-5-3-16(4-6-17)30-27(29(38)28-25(37)13-19(33)14-26(28)39-30)21-11-15(2-10-23(21)35)1-9-22(34)20-8-7-18(32)12-24(20)36/h1-14,27,30-33,35-37H/b9-1+/t27-,30+/m1/s1. The second-order valence-electron chi connectivity index (χ2n) is 9.03. The van der Waals surface area contributed by atoms with Crippen LogP contribution in [0.15, 0.2) is 78.9 Å². The number of hydrogen-bond acceptors (Lipinski definition) is 9. The molecule has 39 heavy (non-hydrogen) atoms. The third-order valence-electron chi connectivity index (χ3n) is 6.43. The molecule has 0 fully saturated rings. The van der Waals surface area contributed by atoms with Crippen LogP contribution in [-0.2, 0) is 0 Å². The lowest BCUT2D eigenvalue weighted by atomic mass is 9.80. The average Bonchev–Trinajstić information content (AvgIpc) is 2.88. The molecule has 196 valence electrons. The Morgan fingerprint density at radius 3 is 2.13 bits per heavy atom. The van der Waals surface area contributed by atoms with E-state index in [2.05, 4.69) is 0 Å². The highest BCUT2D eigenvalue weighted by atomic mass is 16.5. The first-order valence-corrected chi connectivity index (χ1v) is 11.8. The molecular formula is C30H22O9. The molecule has 1 aliphatic rings. The Morgan fingerprint density at radius 1 is 0.718 bits per heavy atom. The molecular weight excluding hydrogens is 504 g/mol. The molecule has 0 aliphatic carbocycles. The van der Waals surface area contributed by atoms with Crippen LogP contribution in [-0.4, -0.2) is 42.2 Å². The second-order valence-corrected chi connectivity index (χ2v) is 9.03. The van der Waals surface area contributed by atoms with Crippen LogP contribution in [0.2, 0.25) is 0 Å². The average molecular weight is 526 g/mol. The maximum atomic E-state index is 13.8. The van der Waals surface area contributed by atoms with Crippen molar-refractivity contribution in [1.82, 2.24) is 0 Å². The van der Waals surface area contributed by atoms with Crippen LogP contribution in [0.25, 0.3) is 6.08 Å². The zero-order valence-electron chi connectivity index (χ0n) is 20.1. The molecule has 0 amide bonds. The monoisotopic (exact) mass is 526 g/mol. The van der Waals surface area contributed by atoms with Crippen LogP contribution in [0.5, 0.6) is 40.2 Å². The number of phenolic OH excluding ortho intramolecular Hbond substituents is 6. The summed E-state index contributed by atoms with van der Waals surface area (Å²) in [6.45, 7) is 0. The number of carbonyl (C=O) groups is 2. The number of benzene rings is 4. The second kappa shape index (κ2) is 9.79. The molecule has 4 aromatic carbocycles. The Balaban J connectivity index is 1.57. The minimum atomic E-state index is -1.15. The normalized spacial score (nSPS) is 16.6. The molecule has 0 spiro atoms. The largest absolute Gasteiger partial charge is 0.508 e. The smallest absolute Gasteiger partial charge is 0.189 e. The van der Waals surface area contributed by atoms with Crippen molar-refractivity contribution in [2.45, 2.75) is 12.0 Å². The van der Waals surface area contributed by atoms with Gasteiger partial charge in [0.2, 0.25) is 0 Å². The van der Waals surface area contributed by atoms with Gasteiger partial charge < -0.3 is 35.4 Å². The topological polar surface area (TPSA) is 165 Å². The number of ketones is 2. The van der Waals surface area contributed by atoms with E-state index in [4.69, 9.17) is 4.74 Å². The molecule has 6 N–H and O–H groups in total. The quantitative estimate of drug-likeness (QED) is 0.156. The van der Waals surface area contributed by atoms with Crippen LogP contribution in [0.1, 0.15) is 49.4 Å². The Hall–Kier alpha value is -5.44. The number of Topliss-reactive ketones (excluding diaryl/α,β-unsaturated/α-hetero) is 1. The summed E-state index contributed by atoms with van der Waals surface area (Å²) in [7, 11) is 0. The van der Waals surface area contributed by atoms with Gasteiger partial charge in [-0.2, -0.15) is 0 Å². The van der Waals surface area contributed by atoms with Gasteiger partial charge >= 0.3 is 0 Å². The van der Waals surface area contributed by atoms with Crippen molar-refractivity contribution >= 4 is 17.6 Å². The van der Waals surface area contributed by atoms with Gasteiger partial charge in [-0.1, -0.05) is 24.3 Å². The van der Waals surface area contributed by atoms with Crippen molar-refractivity contribution in [1.29, 1.82) is 0 Å². The third kappa shape index (κ3) is 4.80. The summed E-state index contributed by atoms with van der Waals surface area (Å²) in [6.07, 6.45) is 1.63. The lowest BCUT2D eigenvalue weighted by Gasteiger charge is -2.34. The molecule has 0 saturated carbocycles. The van der Waals surface area contributed by atoms with Gasteiger partial charge in [0.25, 0.3) is 0 Å². The predicted octanol–water partition coefficient (Wildman–Crippen LogP) is 4.92. The number of ether oxygens (including phenoxy) is 1. The number of carbonyl (C=O) groups excluding carboxylic acids is 2. The fourth-order valence-electron chi connectivity index (χ4n) is 4.57. The van der Waals surface area contributed by atoms with Gasteiger partial charge in [0.1, 0.15) is 51.9 Å². The first-order valence-electron chi connectivity index (χ1n) is 11.8. The van der Waals surface area contributed by atoms with E-state index >= 15 is 0 Å². The molecule has 5 rings (SSSR count). The minimum absolute atomic E-state index is 0.00700. The van der Waals surface area contributed by atoms with Crippen molar-refractivity contribution in [2.24, 2.45) is 0 Å². The van der Waals surface area contributed by atoms with Crippen LogP contribution < -0.4 is 4.74 Å². The molecule has 0 bridgehead atoms. The summed E-state index contributed by atoms with van der Waals surface area (Å²) in [4.78, 5) is 26.4. The highest BCUT2D eigenvalue weighted by Crippen LogP contribution is 2.49. The van der Waals surface area contributed by atoms with E-state index in [0.29, 0.717) is 11.1 Å². The van der Waals surface area contributed by atoms with Gasteiger partial charge in [-0.05, 0) is 53.6 Å². The number of allylic oxidation sites excluding steroid dienone is 1. The first-order chi connectivity index (χ1) is 18.6. The van der Waals surface area contributed by atoms with Gasteiger partial charge in [-0.3, -0.25) is 9.59 Å². The minimum Gasteiger partial charge on any atom is -0.508 e. The third-order valence-corrected chi connectivity index (χ3v) is 6.43. The van der Waals surface area contributed by atoms with Gasteiger partial charge in [0, 0.05) is 23.8 Å². The molecule has 9 heteroatoms. The Kier molecular flexibility index (Phi) is 6.33. The number of phenols is 6. The molecule has 0 saturated heterocycles. The molecule has 1 aliphatic heterocycles. The summed E-state index contributed by atoms with van der Waals surface area (Å²) >= 11 is 0. The molecule has 0 aromatic heterocycles. The van der Waals surface area contributed by atoms with Crippen LogP contribution in [0.4, 0.5) is 0 Å². The lowest BCUT2D eigenvalue weighted by molar-refractivity contribution is 0.0772. The Morgan fingerprint density at radius 2 is 1.41 bits per heavy atom. The zero-order chi connectivity index (χ0) is 27.8. The highest BCUT2D eigenvalue weighted by Gasteiger charge is 2.42. The fraction of sp³-hybridized carbons (Fsp3) is 0.0667. The van der Waals surface area contributed by atoms with Crippen LogP contribution in [0, 0.1) is 0 Å². The predicted molar refractivity (Wildman–Crippen MR) is 140 cm³/mol. The zero-order valence-corrected chi connectivity index (χ0v) is 20.1. The van der Waals surface area contributed by atoms with E-state index in [1.165, 1.54) is 60.7 Å². The van der Waals surface area contributed by atoms with Gasteiger partial charge in [0.05, 0.1) is 11.5 Å². The molecule has 4 aromatic rings. The van der Waals surface area contributed by atoms with Crippen molar-refractivity contribution in [3.8, 4) is 40.2 Å². The van der Waals surface area contributed by atoms with E-state index in [1.807, 2.05) is 0 Å². The summed E-state index contributed by atoms with van der Waals surface area (Å²) in [5.41, 5.74) is 0.886. The van der Waals surface area contributed by atoms with Crippen molar-refractivity contribution in [3.05, 3.63) is 107 Å². The summed E-state index contributed by atoms with van der Waals surface area (Å²) in [5, 5.41) is 60.3. The van der Waals surface area contributed by atoms with E-state index in [9.17, 15) is 40.2 Å². The van der Waals surface area contributed by atoms with Gasteiger partial charge in [-0.25, -0.2) is 0 Å². The van der Waals surface area contributed by atoms with E-state index in [-0.39, 0.29) is 51.2 Å². The molecule has 9 nitrogen and oxygen atoms in total. The van der Waals surface area contributed by atoms with Crippen molar-refractivity contribution in [3.63, 3.8) is 0 Å². The van der Waals surface area contributed by atoms with E-state index in [1.54, 1.807) is 12.1 Å². The van der Waals surface area contributed by atoms with E-state index < -0.39 is 29.3 Å². The van der Waals surface area contributed by atoms with Gasteiger partial charge in [0.15, 0.2) is 11.6 Å². The summed E-state index contributed by atoms with van der Waals surface area (Å²) < 4.78 is 6.08.